The minimum absolute atomic E-state index is 0.0306. The van der Waals surface area contributed by atoms with Crippen LogP contribution in [0.25, 0.3) is 6.08 Å². The quantitative estimate of drug-likeness (QED) is 0.0933. The van der Waals surface area contributed by atoms with Crippen molar-refractivity contribution in [2.24, 2.45) is 0 Å². The zero-order chi connectivity index (χ0) is 37.5. The highest BCUT2D eigenvalue weighted by Crippen LogP contribution is 2.36. The highest BCUT2D eigenvalue weighted by Gasteiger charge is 2.31. The second-order valence-corrected chi connectivity index (χ2v) is 12.6. The van der Waals surface area contributed by atoms with E-state index < -0.39 is 17.7 Å². The summed E-state index contributed by atoms with van der Waals surface area (Å²) in [7, 11) is 4.44. The van der Waals surface area contributed by atoms with Gasteiger partial charge in [-0.3, -0.25) is 24.0 Å². The third kappa shape index (κ3) is 7.97. The first kappa shape index (κ1) is 36.1. The highest BCUT2D eigenvalue weighted by molar-refractivity contribution is 8.00. The van der Waals surface area contributed by atoms with Crippen LogP contribution in [0.4, 0.5) is 11.4 Å². The molecular weight excluding hydrogens is 695 g/mol. The predicted octanol–water partition coefficient (Wildman–Crippen LogP) is 6.63. The van der Waals surface area contributed by atoms with Gasteiger partial charge < -0.3 is 30.2 Å². The number of methoxy groups -OCH3 is 3. The lowest BCUT2D eigenvalue weighted by atomic mass is 9.83. The van der Waals surface area contributed by atoms with Crippen LogP contribution in [0, 0.1) is 0 Å². The molecule has 266 valence electrons. The maximum atomic E-state index is 13.8. The van der Waals surface area contributed by atoms with Gasteiger partial charge in [-0.05, 0) is 48.5 Å². The van der Waals surface area contributed by atoms with Gasteiger partial charge in [-0.1, -0.05) is 60.7 Å². The number of carbonyl (C=O) groups excluding carboxylic acids is 5. The lowest BCUT2D eigenvalue weighted by Gasteiger charge is -2.20. The van der Waals surface area contributed by atoms with Gasteiger partial charge in [0.15, 0.2) is 23.1 Å². The van der Waals surface area contributed by atoms with Crippen LogP contribution in [-0.2, 0) is 9.59 Å². The number of thioether (sulfide) groups is 1. The Labute approximate surface area is 309 Å². The summed E-state index contributed by atoms with van der Waals surface area (Å²) < 4.78 is 16.4. The van der Waals surface area contributed by atoms with Crippen LogP contribution in [0.5, 0.6) is 17.2 Å². The maximum absolute atomic E-state index is 13.8. The van der Waals surface area contributed by atoms with Crippen LogP contribution >= 0.6 is 11.8 Å². The molecule has 0 saturated carbocycles. The summed E-state index contributed by atoms with van der Waals surface area (Å²) >= 11 is 1.21. The third-order valence-corrected chi connectivity index (χ3v) is 9.25. The van der Waals surface area contributed by atoms with Crippen molar-refractivity contribution in [3.05, 3.63) is 148 Å². The van der Waals surface area contributed by atoms with E-state index in [0.717, 1.165) is 0 Å². The Morgan fingerprint density at radius 3 is 2.02 bits per heavy atom. The van der Waals surface area contributed by atoms with E-state index in [1.165, 1.54) is 39.2 Å². The molecule has 0 saturated heterocycles. The molecule has 0 radical (unpaired) electrons. The Morgan fingerprint density at radius 2 is 1.30 bits per heavy atom. The third-order valence-electron chi connectivity index (χ3n) is 8.25. The van der Waals surface area contributed by atoms with Crippen LogP contribution in [-0.4, -0.2) is 56.4 Å². The molecule has 0 bridgehead atoms. The van der Waals surface area contributed by atoms with E-state index in [9.17, 15) is 24.0 Å². The Kier molecular flexibility index (Phi) is 11.0. The van der Waals surface area contributed by atoms with Crippen molar-refractivity contribution >= 4 is 58.5 Å². The number of rotatable bonds is 12. The molecule has 12 heteroatoms. The van der Waals surface area contributed by atoms with Gasteiger partial charge in [-0.25, -0.2) is 0 Å². The fourth-order valence-corrected chi connectivity index (χ4v) is 6.46. The molecule has 5 aromatic carbocycles. The minimum atomic E-state index is -0.624. The lowest BCUT2D eigenvalue weighted by Crippen LogP contribution is -2.30. The summed E-state index contributed by atoms with van der Waals surface area (Å²) in [4.78, 5) is 67.2. The number of amides is 3. The zero-order valence-corrected chi connectivity index (χ0v) is 29.7. The molecule has 0 unspecified atom stereocenters. The number of ether oxygens (including phenoxy) is 3. The Morgan fingerprint density at radius 1 is 0.660 bits per heavy atom. The van der Waals surface area contributed by atoms with E-state index in [0.29, 0.717) is 50.1 Å². The highest BCUT2D eigenvalue weighted by atomic mass is 32.2. The smallest absolute Gasteiger partial charge is 0.272 e. The summed E-state index contributed by atoms with van der Waals surface area (Å²) in [5, 5.41) is 8.32. The van der Waals surface area contributed by atoms with Crippen molar-refractivity contribution in [3.8, 4) is 17.2 Å². The van der Waals surface area contributed by atoms with Gasteiger partial charge >= 0.3 is 0 Å². The minimum Gasteiger partial charge on any atom is -0.496 e. The van der Waals surface area contributed by atoms with Gasteiger partial charge in [0.25, 0.3) is 11.8 Å². The fourth-order valence-electron chi connectivity index (χ4n) is 5.71. The molecular formula is C41H33N3O8S. The van der Waals surface area contributed by atoms with Crippen LogP contribution in [0.1, 0.15) is 47.8 Å². The van der Waals surface area contributed by atoms with Crippen molar-refractivity contribution in [1.82, 2.24) is 5.32 Å². The van der Waals surface area contributed by atoms with E-state index in [-0.39, 0.29) is 39.8 Å². The van der Waals surface area contributed by atoms with Gasteiger partial charge in [-0.15, -0.1) is 11.8 Å². The van der Waals surface area contributed by atoms with Crippen molar-refractivity contribution < 1.29 is 38.2 Å². The molecule has 1 aliphatic carbocycles. The molecule has 0 spiro atoms. The summed E-state index contributed by atoms with van der Waals surface area (Å²) in [5.74, 6) is -0.985. The molecule has 3 amide bonds. The standard InChI is InChI=1S/C41H33N3O8S/c1-50-33-22-35(52-3)34(51-2)20-25(33)19-32(44-40(48)24-11-5-4-6-12-24)41(49)42-26-13-9-14-27(21-26)53-23-36(45)43-31-18-10-17-30-37(31)39(47)29-16-8-7-15-28(29)38(30)46/h4-22H,23H2,1-3H3,(H,42,49)(H,43,45)(H,44,48)/b32-19+. The van der Waals surface area contributed by atoms with Crippen molar-refractivity contribution in [3.63, 3.8) is 0 Å². The number of benzene rings is 5. The molecule has 3 N–H and O–H groups in total. The summed E-state index contributed by atoms with van der Waals surface area (Å²) in [5.41, 5.74) is 2.38. The molecule has 0 atom stereocenters. The summed E-state index contributed by atoms with van der Waals surface area (Å²) in [6.45, 7) is 0. The number of hydrogen-bond donors (Lipinski definition) is 3. The van der Waals surface area contributed by atoms with Crippen LogP contribution in [0.2, 0.25) is 0 Å². The zero-order valence-electron chi connectivity index (χ0n) is 28.9. The van der Waals surface area contributed by atoms with Crippen molar-refractivity contribution in [2.45, 2.75) is 4.90 Å². The maximum Gasteiger partial charge on any atom is 0.272 e. The van der Waals surface area contributed by atoms with Crippen LogP contribution in [0.15, 0.2) is 120 Å². The number of anilines is 2. The SMILES string of the molecule is COc1cc(OC)c(OC)cc1/C=C(/NC(=O)c1ccccc1)C(=O)Nc1cccc(SCC(=O)Nc2cccc3c2C(=O)c2ccccc2C3=O)c1. The summed E-state index contributed by atoms with van der Waals surface area (Å²) in [6.07, 6.45) is 1.47. The second kappa shape index (κ2) is 16.1. The number of carbonyl (C=O) groups is 5. The monoisotopic (exact) mass is 727 g/mol. The first-order valence-corrected chi connectivity index (χ1v) is 17.2. The van der Waals surface area contributed by atoms with Crippen LogP contribution in [0.3, 0.4) is 0 Å². The molecule has 0 aromatic heterocycles. The average Bonchev–Trinajstić information content (AvgIpc) is 3.19. The van der Waals surface area contributed by atoms with E-state index in [2.05, 4.69) is 16.0 Å². The Hall–Kier alpha value is -6.66. The number of fused-ring (bicyclic) bond motifs is 2. The predicted molar refractivity (Wildman–Crippen MR) is 202 cm³/mol. The normalized spacial score (nSPS) is 11.9. The molecule has 0 fully saturated rings. The molecule has 11 nitrogen and oxygen atoms in total. The first-order chi connectivity index (χ1) is 25.7. The lowest BCUT2D eigenvalue weighted by molar-refractivity contribution is -0.114. The van der Waals surface area contributed by atoms with Crippen LogP contribution < -0.4 is 30.2 Å². The number of ketones is 2. The van der Waals surface area contributed by atoms with Gasteiger partial charge in [0, 0.05) is 44.5 Å². The topological polar surface area (TPSA) is 149 Å². The number of nitrogens with one attached hydrogen (secondary N) is 3. The number of hydrogen-bond acceptors (Lipinski definition) is 9. The van der Waals surface area contributed by atoms with E-state index >= 15 is 0 Å². The largest absolute Gasteiger partial charge is 0.496 e. The van der Waals surface area contributed by atoms with Gasteiger partial charge in [0.2, 0.25) is 5.91 Å². The first-order valence-electron chi connectivity index (χ1n) is 16.2. The summed E-state index contributed by atoms with van der Waals surface area (Å²) in [6, 6.07) is 30.0. The van der Waals surface area contributed by atoms with Gasteiger partial charge in [-0.2, -0.15) is 0 Å². The van der Waals surface area contributed by atoms with E-state index in [4.69, 9.17) is 14.2 Å². The van der Waals surface area contributed by atoms with E-state index in [1.54, 1.807) is 109 Å². The molecule has 1 aliphatic rings. The second-order valence-electron chi connectivity index (χ2n) is 11.6. The van der Waals surface area contributed by atoms with Gasteiger partial charge in [0.05, 0.1) is 38.3 Å². The van der Waals surface area contributed by atoms with Crippen molar-refractivity contribution in [2.75, 3.05) is 37.7 Å². The Balaban J connectivity index is 1.18. The molecule has 5 aromatic rings. The van der Waals surface area contributed by atoms with Gasteiger partial charge in [0.1, 0.15) is 11.4 Å². The fraction of sp³-hybridized carbons (Fsp3) is 0.0976. The molecule has 53 heavy (non-hydrogen) atoms. The van der Waals surface area contributed by atoms with E-state index in [1.807, 2.05) is 0 Å². The molecule has 0 heterocycles. The molecule has 6 rings (SSSR count). The Bertz CT molecular complexity index is 2290. The van der Waals surface area contributed by atoms with Crippen molar-refractivity contribution in [1.29, 1.82) is 0 Å². The molecule has 0 aliphatic heterocycles. The average molecular weight is 728 g/mol.